The van der Waals surface area contributed by atoms with Gasteiger partial charge < -0.3 is 20.3 Å². The van der Waals surface area contributed by atoms with Crippen molar-refractivity contribution in [2.24, 2.45) is 0 Å². The average molecular weight is 592 g/mol. The third-order valence-electron chi connectivity index (χ3n) is 8.05. The summed E-state index contributed by atoms with van der Waals surface area (Å²) in [4.78, 5) is 43.7. The highest BCUT2D eigenvalue weighted by molar-refractivity contribution is 5.92. The number of carbonyl (C=O) groups is 3. The number of unbranched alkanes of at least 4 members (excludes halogenated alkanes) is 3. The summed E-state index contributed by atoms with van der Waals surface area (Å²) in [6, 6.07) is 14.1. The maximum atomic E-state index is 14.7. The molecule has 2 aromatic carbocycles. The first-order valence-electron chi connectivity index (χ1n) is 16.2. The largest absolute Gasteiger partial charge is 0.444 e. The molecule has 1 aliphatic carbocycles. The lowest BCUT2D eigenvalue weighted by Gasteiger charge is -2.36. The number of alkyl carbamates (subject to hydrolysis) is 1. The molecule has 0 aromatic heterocycles. The van der Waals surface area contributed by atoms with Crippen molar-refractivity contribution in [2.75, 3.05) is 6.54 Å². The first-order valence-corrected chi connectivity index (χ1v) is 16.2. The van der Waals surface area contributed by atoms with Crippen LogP contribution in [0.25, 0.3) is 0 Å². The van der Waals surface area contributed by atoms with Gasteiger partial charge in [0.15, 0.2) is 0 Å². The zero-order valence-corrected chi connectivity index (χ0v) is 27.2. The minimum atomic E-state index is -0.904. The van der Waals surface area contributed by atoms with Crippen molar-refractivity contribution in [1.29, 1.82) is 0 Å². The van der Waals surface area contributed by atoms with Gasteiger partial charge in [-0.05, 0) is 70.6 Å². The van der Waals surface area contributed by atoms with E-state index in [9.17, 15) is 14.4 Å². The molecule has 3 rings (SSSR count). The van der Waals surface area contributed by atoms with Crippen molar-refractivity contribution < 1.29 is 19.1 Å². The molecule has 236 valence electrons. The molecule has 43 heavy (non-hydrogen) atoms. The molecule has 7 heteroatoms. The Morgan fingerprint density at radius 2 is 1.65 bits per heavy atom. The molecular formula is C36H53N3O4. The van der Waals surface area contributed by atoms with Crippen LogP contribution in [0.1, 0.15) is 114 Å². The van der Waals surface area contributed by atoms with Gasteiger partial charge in [-0.3, -0.25) is 9.59 Å². The summed E-state index contributed by atoms with van der Waals surface area (Å²) in [5, 5.41) is 6.19. The smallest absolute Gasteiger partial charge is 0.408 e. The van der Waals surface area contributed by atoms with Gasteiger partial charge in [-0.1, -0.05) is 99.5 Å². The predicted molar refractivity (Wildman–Crippen MR) is 173 cm³/mol. The van der Waals surface area contributed by atoms with E-state index < -0.39 is 23.8 Å². The third kappa shape index (κ3) is 11.0. The number of rotatable bonds is 13. The Balaban J connectivity index is 2.05. The molecule has 2 aromatic rings. The normalized spacial score (nSPS) is 15.3. The standard InChI is InChI=1S/C36H53N3O4/c1-7-8-9-16-23-39(34(41)31(25-28-17-12-10-13-18-28)38-35(42)43-36(4,5)6)32(30-24-26(2)21-22-27(30)3)33(40)37-29-19-14-11-15-20-29/h10,12-13,17-18,21-22,24,29,31-32H,7-9,11,14-16,19-20,23,25H2,1-6H3,(H,37,40)(H,38,42). The SMILES string of the molecule is CCCCCCN(C(=O)C(Cc1ccccc1)NC(=O)OC(C)(C)C)C(C(=O)NC1CCCCC1)c1cc(C)ccc1C. The van der Waals surface area contributed by atoms with Gasteiger partial charge in [-0.2, -0.15) is 0 Å². The van der Waals surface area contributed by atoms with Crippen LogP contribution in [0.2, 0.25) is 0 Å². The van der Waals surface area contributed by atoms with Crippen LogP contribution in [0.15, 0.2) is 48.5 Å². The van der Waals surface area contributed by atoms with Crippen LogP contribution >= 0.6 is 0 Å². The van der Waals surface area contributed by atoms with Crippen molar-refractivity contribution in [2.45, 2.75) is 129 Å². The summed E-state index contributed by atoms with van der Waals surface area (Å²) < 4.78 is 5.58. The molecule has 0 heterocycles. The van der Waals surface area contributed by atoms with Gasteiger partial charge >= 0.3 is 6.09 Å². The van der Waals surface area contributed by atoms with Crippen molar-refractivity contribution >= 4 is 17.9 Å². The third-order valence-corrected chi connectivity index (χ3v) is 8.05. The summed E-state index contributed by atoms with van der Waals surface area (Å²) in [5.41, 5.74) is 3.01. The van der Waals surface area contributed by atoms with Crippen LogP contribution in [0.5, 0.6) is 0 Å². The first kappa shape index (κ1) is 34.1. The van der Waals surface area contributed by atoms with E-state index in [1.54, 1.807) is 25.7 Å². The molecular weight excluding hydrogens is 538 g/mol. The van der Waals surface area contributed by atoms with E-state index in [-0.39, 0.29) is 24.3 Å². The Hall–Kier alpha value is -3.35. The summed E-state index contributed by atoms with van der Waals surface area (Å²) >= 11 is 0. The van der Waals surface area contributed by atoms with E-state index in [2.05, 4.69) is 17.6 Å². The average Bonchev–Trinajstić information content (AvgIpc) is 2.95. The van der Waals surface area contributed by atoms with Gasteiger partial charge in [0.2, 0.25) is 11.8 Å². The van der Waals surface area contributed by atoms with Crippen LogP contribution in [-0.4, -0.2) is 47.0 Å². The number of benzene rings is 2. The lowest BCUT2D eigenvalue weighted by molar-refractivity contribution is -0.143. The first-order chi connectivity index (χ1) is 20.5. The quantitative estimate of drug-likeness (QED) is 0.239. The molecule has 1 saturated carbocycles. The Kier molecular flexibility index (Phi) is 13.1. The molecule has 0 saturated heterocycles. The number of ether oxygens (including phenoxy) is 1. The van der Waals surface area contributed by atoms with Crippen LogP contribution in [0.4, 0.5) is 4.79 Å². The minimum absolute atomic E-state index is 0.103. The highest BCUT2D eigenvalue weighted by Crippen LogP contribution is 2.29. The van der Waals surface area contributed by atoms with Crippen LogP contribution in [0.3, 0.4) is 0 Å². The molecule has 0 bridgehead atoms. The molecule has 2 atom stereocenters. The zero-order valence-electron chi connectivity index (χ0n) is 27.2. The molecule has 1 aliphatic rings. The lowest BCUT2D eigenvalue weighted by Crippen LogP contribution is -2.55. The van der Waals surface area contributed by atoms with E-state index in [0.29, 0.717) is 6.54 Å². The molecule has 2 N–H and O–H groups in total. The van der Waals surface area contributed by atoms with Crippen molar-refractivity contribution in [1.82, 2.24) is 15.5 Å². The second kappa shape index (κ2) is 16.5. The van der Waals surface area contributed by atoms with E-state index in [4.69, 9.17) is 4.74 Å². The number of hydrogen-bond donors (Lipinski definition) is 2. The Morgan fingerprint density at radius 3 is 2.30 bits per heavy atom. The summed E-state index contributed by atoms with van der Waals surface area (Å²) in [5.74, 6) is -0.434. The van der Waals surface area contributed by atoms with Gasteiger partial charge in [0.1, 0.15) is 17.7 Å². The minimum Gasteiger partial charge on any atom is -0.444 e. The number of aryl methyl sites for hydroxylation is 2. The number of amides is 3. The van der Waals surface area contributed by atoms with Gasteiger partial charge in [0, 0.05) is 19.0 Å². The topological polar surface area (TPSA) is 87.7 Å². The summed E-state index contributed by atoms with van der Waals surface area (Å²) in [6.45, 7) is 12.0. The fraction of sp³-hybridized carbons (Fsp3) is 0.583. The monoisotopic (exact) mass is 591 g/mol. The maximum Gasteiger partial charge on any atom is 0.408 e. The zero-order chi connectivity index (χ0) is 31.4. The molecule has 0 aliphatic heterocycles. The molecule has 7 nitrogen and oxygen atoms in total. The highest BCUT2D eigenvalue weighted by atomic mass is 16.6. The summed E-state index contributed by atoms with van der Waals surface area (Å²) in [7, 11) is 0. The number of nitrogens with one attached hydrogen (secondary N) is 2. The Morgan fingerprint density at radius 1 is 0.953 bits per heavy atom. The molecule has 1 fully saturated rings. The Bertz CT molecular complexity index is 1180. The van der Waals surface area contributed by atoms with Gasteiger partial charge in [-0.25, -0.2) is 4.79 Å². The second-order valence-electron chi connectivity index (χ2n) is 13.1. The molecule has 3 amide bonds. The number of hydrogen-bond acceptors (Lipinski definition) is 4. The maximum absolute atomic E-state index is 14.7. The fourth-order valence-electron chi connectivity index (χ4n) is 5.81. The lowest BCUT2D eigenvalue weighted by atomic mass is 9.92. The van der Waals surface area contributed by atoms with Crippen LogP contribution < -0.4 is 10.6 Å². The Labute approximate surface area is 259 Å². The van der Waals surface area contributed by atoms with Gasteiger partial charge in [0.25, 0.3) is 0 Å². The van der Waals surface area contributed by atoms with E-state index in [0.717, 1.165) is 73.6 Å². The number of carbonyl (C=O) groups excluding carboxylic acids is 3. The van der Waals surface area contributed by atoms with Gasteiger partial charge in [-0.15, -0.1) is 0 Å². The second-order valence-corrected chi connectivity index (χ2v) is 13.1. The fourth-order valence-corrected chi connectivity index (χ4v) is 5.81. The van der Waals surface area contributed by atoms with Crippen molar-refractivity contribution in [3.63, 3.8) is 0 Å². The van der Waals surface area contributed by atoms with E-state index >= 15 is 0 Å². The number of nitrogens with zero attached hydrogens (tertiary/aromatic N) is 1. The van der Waals surface area contributed by atoms with Crippen LogP contribution in [-0.2, 0) is 20.7 Å². The molecule has 0 radical (unpaired) electrons. The van der Waals surface area contributed by atoms with E-state index in [1.165, 1.54) is 6.42 Å². The van der Waals surface area contributed by atoms with Gasteiger partial charge in [0.05, 0.1) is 0 Å². The molecule has 0 spiro atoms. The van der Waals surface area contributed by atoms with E-state index in [1.807, 2.05) is 62.4 Å². The highest BCUT2D eigenvalue weighted by Gasteiger charge is 2.37. The van der Waals surface area contributed by atoms with Crippen LogP contribution in [0, 0.1) is 13.8 Å². The van der Waals surface area contributed by atoms with Crippen molar-refractivity contribution in [3.8, 4) is 0 Å². The molecule has 2 unspecified atom stereocenters. The predicted octanol–water partition coefficient (Wildman–Crippen LogP) is 7.34. The van der Waals surface area contributed by atoms with Crippen molar-refractivity contribution in [3.05, 3.63) is 70.8 Å². The summed E-state index contributed by atoms with van der Waals surface area (Å²) in [6.07, 6.45) is 8.74.